The number of carbonyl (C=O) groups excluding carboxylic acids is 1. The van der Waals surface area contributed by atoms with Crippen LogP contribution in [-0.2, 0) is 17.2 Å². The lowest BCUT2D eigenvalue weighted by molar-refractivity contribution is -0.129. The normalized spacial score (nSPS) is 11.3. The molecule has 0 heterocycles. The predicted molar refractivity (Wildman–Crippen MR) is 71.9 cm³/mol. The first-order valence-electron chi connectivity index (χ1n) is 5.91. The number of benzene rings is 1. The molecular formula is C14H20ClNO. The second-order valence-corrected chi connectivity index (χ2v) is 5.14. The minimum absolute atomic E-state index is 0.0985. The molecular weight excluding hydrogens is 234 g/mol. The lowest BCUT2D eigenvalue weighted by atomic mass is 9.89. The Hall–Kier alpha value is -1.02. The zero-order valence-corrected chi connectivity index (χ0v) is 11.5. The molecule has 1 amide bonds. The molecule has 17 heavy (non-hydrogen) atoms. The van der Waals surface area contributed by atoms with Gasteiger partial charge in [0.25, 0.3) is 0 Å². The number of amides is 1. The van der Waals surface area contributed by atoms with Gasteiger partial charge >= 0.3 is 0 Å². The van der Waals surface area contributed by atoms with Crippen LogP contribution in [0.5, 0.6) is 0 Å². The topological polar surface area (TPSA) is 29.1 Å². The molecule has 1 aromatic carbocycles. The van der Waals surface area contributed by atoms with Crippen molar-refractivity contribution < 1.29 is 4.79 Å². The Morgan fingerprint density at radius 3 is 2.24 bits per heavy atom. The van der Waals surface area contributed by atoms with Crippen molar-refractivity contribution in [2.24, 2.45) is 5.41 Å². The molecule has 0 atom stereocenters. The van der Waals surface area contributed by atoms with Gasteiger partial charge in [-0.3, -0.25) is 4.79 Å². The number of carbonyl (C=O) groups is 1. The Balaban J connectivity index is 2.53. The Labute approximate surface area is 108 Å². The second kappa shape index (κ2) is 6.06. The molecule has 1 aromatic rings. The van der Waals surface area contributed by atoms with Crippen molar-refractivity contribution in [1.29, 1.82) is 0 Å². The first-order chi connectivity index (χ1) is 7.99. The highest BCUT2D eigenvalue weighted by Crippen LogP contribution is 2.19. The first kappa shape index (κ1) is 14.0. The van der Waals surface area contributed by atoms with E-state index in [0.29, 0.717) is 12.4 Å². The highest BCUT2D eigenvalue weighted by molar-refractivity contribution is 6.17. The summed E-state index contributed by atoms with van der Waals surface area (Å²) in [4.78, 5) is 11.9. The lowest BCUT2D eigenvalue weighted by Gasteiger charge is -2.21. The fourth-order valence-corrected chi connectivity index (χ4v) is 1.51. The number of nitrogens with one attached hydrogen (secondary N) is 1. The predicted octanol–water partition coefficient (Wildman–Crippen LogP) is 3.48. The van der Waals surface area contributed by atoms with E-state index in [0.717, 1.165) is 17.5 Å². The molecule has 0 unspecified atom stereocenters. The van der Waals surface area contributed by atoms with E-state index in [-0.39, 0.29) is 11.3 Å². The van der Waals surface area contributed by atoms with Crippen LogP contribution in [0.1, 0.15) is 38.3 Å². The van der Waals surface area contributed by atoms with Gasteiger partial charge in [-0.1, -0.05) is 45.0 Å². The quantitative estimate of drug-likeness (QED) is 0.800. The smallest absolute Gasteiger partial charge is 0.225 e. The van der Waals surface area contributed by atoms with Crippen molar-refractivity contribution in [2.75, 3.05) is 0 Å². The summed E-state index contributed by atoms with van der Waals surface area (Å²) in [6.07, 6.45) is 0.837. The zero-order chi connectivity index (χ0) is 12.9. The number of hydrogen-bond acceptors (Lipinski definition) is 1. The van der Waals surface area contributed by atoms with Crippen LogP contribution in [0.15, 0.2) is 24.3 Å². The monoisotopic (exact) mass is 253 g/mol. The van der Waals surface area contributed by atoms with Gasteiger partial charge in [0.2, 0.25) is 5.91 Å². The fraction of sp³-hybridized carbons (Fsp3) is 0.500. The molecule has 3 heteroatoms. The van der Waals surface area contributed by atoms with Crippen LogP contribution in [0.4, 0.5) is 0 Å². The third kappa shape index (κ3) is 4.04. The molecule has 2 nitrogen and oxygen atoms in total. The molecule has 0 saturated heterocycles. The van der Waals surface area contributed by atoms with Crippen LogP contribution in [-0.4, -0.2) is 5.91 Å². The summed E-state index contributed by atoms with van der Waals surface area (Å²) >= 11 is 5.72. The average Bonchev–Trinajstić information content (AvgIpc) is 2.36. The van der Waals surface area contributed by atoms with Gasteiger partial charge in [-0.2, -0.15) is 0 Å². The van der Waals surface area contributed by atoms with Crippen LogP contribution in [0.2, 0.25) is 0 Å². The molecule has 1 N–H and O–H groups in total. The van der Waals surface area contributed by atoms with Crippen molar-refractivity contribution in [1.82, 2.24) is 5.32 Å². The third-order valence-electron chi connectivity index (χ3n) is 3.13. The summed E-state index contributed by atoms with van der Waals surface area (Å²) in [7, 11) is 0. The van der Waals surface area contributed by atoms with E-state index >= 15 is 0 Å². The first-order valence-corrected chi connectivity index (χ1v) is 6.45. The maximum absolute atomic E-state index is 11.9. The Bertz CT molecular complexity index is 370. The maximum atomic E-state index is 11.9. The Morgan fingerprint density at radius 1 is 1.24 bits per heavy atom. The summed E-state index contributed by atoms with van der Waals surface area (Å²) < 4.78 is 0. The Kier molecular flexibility index (Phi) is 5.01. The van der Waals surface area contributed by atoms with Crippen LogP contribution in [0, 0.1) is 5.41 Å². The molecule has 0 aliphatic heterocycles. The van der Waals surface area contributed by atoms with Gasteiger partial charge in [0.05, 0.1) is 0 Å². The van der Waals surface area contributed by atoms with Crippen molar-refractivity contribution in [2.45, 2.75) is 39.6 Å². The minimum atomic E-state index is -0.296. The highest BCUT2D eigenvalue weighted by atomic mass is 35.5. The summed E-state index contributed by atoms with van der Waals surface area (Å²) in [5, 5.41) is 2.96. The van der Waals surface area contributed by atoms with Crippen molar-refractivity contribution >= 4 is 17.5 Å². The number of hydrogen-bond donors (Lipinski definition) is 1. The van der Waals surface area contributed by atoms with E-state index in [4.69, 9.17) is 11.6 Å². The van der Waals surface area contributed by atoms with Crippen molar-refractivity contribution in [3.05, 3.63) is 35.4 Å². The van der Waals surface area contributed by atoms with Gasteiger partial charge < -0.3 is 5.32 Å². The van der Waals surface area contributed by atoms with Crippen LogP contribution in [0.25, 0.3) is 0 Å². The van der Waals surface area contributed by atoms with E-state index in [1.807, 2.05) is 45.0 Å². The molecule has 0 fully saturated rings. The van der Waals surface area contributed by atoms with E-state index in [1.54, 1.807) is 0 Å². The van der Waals surface area contributed by atoms with Crippen LogP contribution < -0.4 is 5.32 Å². The highest BCUT2D eigenvalue weighted by Gasteiger charge is 2.24. The third-order valence-corrected chi connectivity index (χ3v) is 3.44. The summed E-state index contributed by atoms with van der Waals surface area (Å²) in [6.45, 7) is 6.51. The van der Waals surface area contributed by atoms with E-state index in [9.17, 15) is 4.79 Å². The number of rotatable bonds is 5. The molecule has 0 aliphatic carbocycles. The lowest BCUT2D eigenvalue weighted by Crippen LogP contribution is -2.35. The van der Waals surface area contributed by atoms with Gasteiger partial charge in [-0.25, -0.2) is 0 Å². The van der Waals surface area contributed by atoms with E-state index in [2.05, 4.69) is 5.32 Å². The molecule has 0 aliphatic rings. The maximum Gasteiger partial charge on any atom is 0.225 e. The van der Waals surface area contributed by atoms with E-state index < -0.39 is 0 Å². The van der Waals surface area contributed by atoms with Crippen molar-refractivity contribution in [3.8, 4) is 0 Å². The summed E-state index contributed by atoms with van der Waals surface area (Å²) in [5.41, 5.74) is 1.89. The van der Waals surface area contributed by atoms with Gasteiger partial charge in [0.15, 0.2) is 0 Å². The molecule has 0 aromatic heterocycles. The summed E-state index contributed by atoms with van der Waals surface area (Å²) in [6, 6.07) is 7.97. The van der Waals surface area contributed by atoms with Gasteiger partial charge in [-0.15, -0.1) is 11.6 Å². The number of halogens is 1. The molecule has 0 radical (unpaired) electrons. The Morgan fingerprint density at radius 2 is 1.76 bits per heavy atom. The van der Waals surface area contributed by atoms with Gasteiger partial charge in [0.1, 0.15) is 0 Å². The molecule has 0 spiro atoms. The second-order valence-electron chi connectivity index (χ2n) is 4.87. The van der Waals surface area contributed by atoms with Gasteiger partial charge in [0, 0.05) is 17.8 Å². The van der Waals surface area contributed by atoms with Crippen LogP contribution >= 0.6 is 11.6 Å². The van der Waals surface area contributed by atoms with E-state index in [1.165, 1.54) is 0 Å². The zero-order valence-electron chi connectivity index (χ0n) is 10.7. The van der Waals surface area contributed by atoms with Gasteiger partial charge in [-0.05, 0) is 17.5 Å². The van der Waals surface area contributed by atoms with Crippen LogP contribution in [0.3, 0.4) is 0 Å². The minimum Gasteiger partial charge on any atom is -0.352 e. The summed E-state index contributed by atoms with van der Waals surface area (Å²) in [5.74, 6) is 0.622. The molecule has 1 rings (SSSR count). The number of alkyl halides is 1. The SMILES string of the molecule is CCC(C)(C)C(=O)NCc1ccc(CCl)cc1. The average molecular weight is 254 g/mol. The molecule has 94 valence electrons. The van der Waals surface area contributed by atoms with Crippen molar-refractivity contribution in [3.63, 3.8) is 0 Å². The largest absolute Gasteiger partial charge is 0.352 e. The molecule has 0 saturated carbocycles. The molecule has 0 bridgehead atoms. The standard InChI is InChI=1S/C14H20ClNO/c1-4-14(2,3)13(17)16-10-12-7-5-11(9-15)6-8-12/h5-8H,4,9-10H2,1-3H3,(H,16,17). The fourth-order valence-electron chi connectivity index (χ4n) is 1.33.